The number of aryl methyl sites for hydroxylation is 1. The van der Waals surface area contributed by atoms with Crippen LogP contribution >= 0.6 is 0 Å². The Morgan fingerprint density at radius 1 is 1.10 bits per heavy atom. The van der Waals surface area contributed by atoms with Crippen LogP contribution in [0.4, 0.5) is 0 Å². The van der Waals surface area contributed by atoms with Crippen LogP contribution in [0.2, 0.25) is 0 Å². The summed E-state index contributed by atoms with van der Waals surface area (Å²) in [5.41, 5.74) is 3.14. The lowest BCUT2D eigenvalue weighted by Crippen LogP contribution is -2.36. The number of rotatable bonds is 10. The van der Waals surface area contributed by atoms with Gasteiger partial charge in [0.25, 0.3) is 5.91 Å². The molecule has 0 aliphatic rings. The molecule has 2 rings (SSSR count). The molecule has 0 aliphatic heterocycles. The van der Waals surface area contributed by atoms with Crippen molar-refractivity contribution >= 4 is 11.9 Å². The molecule has 0 fully saturated rings. The molecule has 6 heteroatoms. The number of benzene rings is 2. The number of esters is 1. The van der Waals surface area contributed by atoms with E-state index in [0.717, 1.165) is 16.7 Å². The van der Waals surface area contributed by atoms with Crippen molar-refractivity contribution in [3.63, 3.8) is 0 Å². The Kier molecular flexibility index (Phi) is 8.27. The van der Waals surface area contributed by atoms with Crippen LogP contribution in [0.15, 0.2) is 55.1 Å². The molecule has 0 radical (unpaired) electrons. The third-order valence-corrected chi connectivity index (χ3v) is 4.22. The largest absolute Gasteiger partial charge is 0.493 e. The molecule has 0 spiro atoms. The first-order chi connectivity index (χ1) is 13.9. The summed E-state index contributed by atoms with van der Waals surface area (Å²) in [6.07, 6.45) is 1.57. The summed E-state index contributed by atoms with van der Waals surface area (Å²) >= 11 is 0. The van der Waals surface area contributed by atoms with E-state index in [2.05, 4.69) is 11.9 Å². The molecule has 0 saturated heterocycles. The Balaban J connectivity index is 1.81. The highest BCUT2D eigenvalue weighted by Crippen LogP contribution is 2.28. The maximum Gasteiger partial charge on any atom is 0.344 e. The summed E-state index contributed by atoms with van der Waals surface area (Å²) in [4.78, 5) is 24.2. The van der Waals surface area contributed by atoms with Gasteiger partial charge in [0.05, 0.1) is 7.11 Å². The van der Waals surface area contributed by atoms with E-state index in [1.165, 1.54) is 14.0 Å². The average Bonchev–Trinajstić information content (AvgIpc) is 2.72. The van der Waals surface area contributed by atoms with Gasteiger partial charge in [-0.3, -0.25) is 4.79 Å². The fourth-order valence-corrected chi connectivity index (χ4v) is 2.59. The molecule has 0 saturated carbocycles. The van der Waals surface area contributed by atoms with Gasteiger partial charge in [0.15, 0.2) is 24.2 Å². The number of nitrogens with one attached hydrogen (secondary N) is 1. The van der Waals surface area contributed by atoms with Crippen molar-refractivity contribution < 1.29 is 23.8 Å². The van der Waals surface area contributed by atoms with Gasteiger partial charge in [-0.05, 0) is 43.5 Å². The first kappa shape index (κ1) is 22.0. The Labute approximate surface area is 171 Å². The van der Waals surface area contributed by atoms with Crippen LogP contribution in [-0.2, 0) is 27.3 Å². The van der Waals surface area contributed by atoms with Gasteiger partial charge in [-0.25, -0.2) is 4.79 Å². The van der Waals surface area contributed by atoms with E-state index < -0.39 is 12.1 Å². The lowest BCUT2D eigenvalue weighted by molar-refractivity contribution is -0.156. The van der Waals surface area contributed by atoms with Crippen molar-refractivity contribution in [2.24, 2.45) is 0 Å². The van der Waals surface area contributed by atoms with Gasteiger partial charge in [-0.15, -0.1) is 6.58 Å². The SMILES string of the molecule is C=CCc1ccc(OCC(=O)O[C@H](C)C(=O)NCc2ccc(C)cc2)c(OC)c1. The molecule has 0 heterocycles. The second kappa shape index (κ2) is 10.9. The molecular formula is C23H27NO5. The standard InChI is InChI=1S/C23H27NO5/c1-5-6-18-11-12-20(21(13-18)27-4)28-15-22(25)29-17(3)23(26)24-14-19-9-7-16(2)8-10-19/h5,7-13,17H,1,6,14-15H2,2-4H3,(H,24,26)/t17-/m1/s1. The second-order valence-corrected chi connectivity index (χ2v) is 6.60. The van der Waals surface area contributed by atoms with Crippen molar-refractivity contribution in [2.75, 3.05) is 13.7 Å². The Morgan fingerprint density at radius 3 is 2.45 bits per heavy atom. The minimum atomic E-state index is -0.923. The van der Waals surface area contributed by atoms with Crippen molar-refractivity contribution in [2.45, 2.75) is 32.9 Å². The maximum atomic E-state index is 12.1. The fourth-order valence-electron chi connectivity index (χ4n) is 2.59. The molecule has 2 aromatic rings. The lowest BCUT2D eigenvalue weighted by atomic mass is 10.1. The minimum absolute atomic E-state index is 0.327. The molecular weight excluding hydrogens is 370 g/mol. The van der Waals surface area contributed by atoms with E-state index in [1.54, 1.807) is 12.1 Å². The summed E-state index contributed by atoms with van der Waals surface area (Å²) in [6, 6.07) is 13.2. The quantitative estimate of drug-likeness (QED) is 0.492. The van der Waals surface area contributed by atoms with Crippen molar-refractivity contribution in [3.8, 4) is 11.5 Å². The molecule has 0 bridgehead atoms. The topological polar surface area (TPSA) is 73.9 Å². The summed E-state index contributed by atoms with van der Waals surface area (Å²) < 4.78 is 15.9. The van der Waals surface area contributed by atoms with Crippen LogP contribution in [0, 0.1) is 6.92 Å². The van der Waals surface area contributed by atoms with E-state index in [-0.39, 0.29) is 12.5 Å². The van der Waals surface area contributed by atoms with Crippen LogP contribution in [-0.4, -0.2) is 31.7 Å². The van der Waals surface area contributed by atoms with Gasteiger partial charge in [-0.1, -0.05) is 42.0 Å². The molecule has 1 amide bonds. The highest BCUT2D eigenvalue weighted by atomic mass is 16.6. The molecule has 1 N–H and O–H groups in total. The molecule has 154 valence electrons. The normalized spacial score (nSPS) is 11.3. The summed E-state index contributed by atoms with van der Waals surface area (Å²) in [5.74, 6) is -0.0692. The third kappa shape index (κ3) is 6.99. The zero-order valence-corrected chi connectivity index (χ0v) is 17.1. The number of allylic oxidation sites excluding steroid dienone is 1. The Hall–Kier alpha value is -3.28. The summed E-state index contributed by atoms with van der Waals surface area (Å²) in [6.45, 7) is 7.26. The summed E-state index contributed by atoms with van der Waals surface area (Å²) in [5, 5.41) is 2.75. The monoisotopic (exact) mass is 397 g/mol. The Bertz CT molecular complexity index is 845. The predicted molar refractivity (Wildman–Crippen MR) is 111 cm³/mol. The van der Waals surface area contributed by atoms with Crippen LogP contribution in [0.5, 0.6) is 11.5 Å². The number of carbonyl (C=O) groups is 2. The van der Waals surface area contributed by atoms with Gasteiger partial charge in [0, 0.05) is 6.54 Å². The van der Waals surface area contributed by atoms with Crippen molar-refractivity contribution in [1.29, 1.82) is 0 Å². The van der Waals surface area contributed by atoms with Crippen LogP contribution in [0.3, 0.4) is 0 Å². The van der Waals surface area contributed by atoms with Gasteiger partial charge in [0.1, 0.15) is 0 Å². The van der Waals surface area contributed by atoms with Crippen LogP contribution < -0.4 is 14.8 Å². The smallest absolute Gasteiger partial charge is 0.344 e. The second-order valence-electron chi connectivity index (χ2n) is 6.60. The van der Waals surface area contributed by atoms with Crippen LogP contribution in [0.25, 0.3) is 0 Å². The number of carbonyl (C=O) groups excluding carboxylic acids is 2. The van der Waals surface area contributed by atoms with E-state index in [1.807, 2.05) is 43.3 Å². The number of amides is 1. The molecule has 1 atom stereocenters. The third-order valence-electron chi connectivity index (χ3n) is 4.22. The maximum absolute atomic E-state index is 12.1. The number of hydrogen-bond donors (Lipinski definition) is 1. The zero-order chi connectivity index (χ0) is 21.2. The minimum Gasteiger partial charge on any atom is -0.493 e. The molecule has 2 aromatic carbocycles. The predicted octanol–water partition coefficient (Wildman–Crippen LogP) is 3.36. The summed E-state index contributed by atoms with van der Waals surface area (Å²) in [7, 11) is 1.53. The van der Waals surface area contributed by atoms with Crippen LogP contribution in [0.1, 0.15) is 23.6 Å². The molecule has 0 aromatic heterocycles. The van der Waals surface area contributed by atoms with E-state index >= 15 is 0 Å². The van der Waals surface area contributed by atoms with E-state index in [9.17, 15) is 9.59 Å². The molecule has 29 heavy (non-hydrogen) atoms. The molecule has 0 aliphatic carbocycles. The van der Waals surface area contributed by atoms with E-state index in [4.69, 9.17) is 14.2 Å². The van der Waals surface area contributed by atoms with Crippen molar-refractivity contribution in [3.05, 3.63) is 71.8 Å². The number of hydrogen-bond acceptors (Lipinski definition) is 5. The first-order valence-electron chi connectivity index (χ1n) is 9.36. The van der Waals surface area contributed by atoms with E-state index in [0.29, 0.717) is 24.5 Å². The van der Waals surface area contributed by atoms with Gasteiger partial charge < -0.3 is 19.5 Å². The van der Waals surface area contributed by atoms with Crippen molar-refractivity contribution in [1.82, 2.24) is 5.32 Å². The zero-order valence-electron chi connectivity index (χ0n) is 17.1. The fraction of sp³-hybridized carbons (Fsp3) is 0.304. The Morgan fingerprint density at radius 2 is 1.79 bits per heavy atom. The van der Waals surface area contributed by atoms with Gasteiger partial charge in [0.2, 0.25) is 0 Å². The number of methoxy groups -OCH3 is 1. The molecule has 6 nitrogen and oxygen atoms in total. The number of ether oxygens (including phenoxy) is 3. The molecule has 0 unspecified atom stereocenters. The average molecular weight is 397 g/mol. The highest BCUT2D eigenvalue weighted by molar-refractivity contribution is 5.83. The van der Waals surface area contributed by atoms with Gasteiger partial charge >= 0.3 is 5.97 Å². The highest BCUT2D eigenvalue weighted by Gasteiger charge is 2.18. The van der Waals surface area contributed by atoms with Gasteiger partial charge in [-0.2, -0.15) is 0 Å². The first-order valence-corrected chi connectivity index (χ1v) is 9.36. The lowest BCUT2D eigenvalue weighted by Gasteiger charge is -2.15.